The van der Waals surface area contributed by atoms with Crippen molar-refractivity contribution in [2.24, 2.45) is 5.73 Å². The minimum atomic E-state index is -0.578. The topological polar surface area (TPSA) is 101 Å². The number of fused-ring (bicyclic) bond motifs is 3. The number of imide groups is 1. The van der Waals surface area contributed by atoms with Gasteiger partial charge in [-0.3, -0.25) is 24.6 Å². The summed E-state index contributed by atoms with van der Waals surface area (Å²) in [6.07, 6.45) is 4.73. The van der Waals surface area contributed by atoms with Crippen LogP contribution >= 0.6 is 0 Å². The number of aromatic nitrogens is 1. The van der Waals surface area contributed by atoms with Crippen molar-refractivity contribution in [1.82, 2.24) is 19.7 Å². The third-order valence-corrected chi connectivity index (χ3v) is 7.68. The molecule has 3 amide bonds. The maximum atomic E-state index is 13.0. The van der Waals surface area contributed by atoms with E-state index in [2.05, 4.69) is 39.2 Å². The second-order valence-corrected chi connectivity index (χ2v) is 9.60. The fourth-order valence-corrected chi connectivity index (χ4v) is 6.09. The van der Waals surface area contributed by atoms with Gasteiger partial charge in [-0.2, -0.15) is 0 Å². The minimum absolute atomic E-state index is 0.00520. The first-order valence-electron chi connectivity index (χ1n) is 11.4. The van der Waals surface area contributed by atoms with Crippen molar-refractivity contribution in [3.05, 3.63) is 58.9 Å². The quantitative estimate of drug-likeness (QED) is 0.706. The molecule has 8 heteroatoms. The summed E-state index contributed by atoms with van der Waals surface area (Å²) >= 11 is 0. The van der Waals surface area contributed by atoms with Crippen molar-refractivity contribution in [3.8, 4) is 0 Å². The van der Waals surface area contributed by atoms with Crippen molar-refractivity contribution in [2.75, 3.05) is 6.54 Å². The van der Waals surface area contributed by atoms with E-state index < -0.39 is 6.04 Å². The number of nitrogens with two attached hydrogens (primary N) is 1. The molecule has 0 bridgehead atoms. The van der Waals surface area contributed by atoms with Gasteiger partial charge in [0.2, 0.25) is 11.8 Å². The Hall–Kier alpha value is -2.97. The number of carbonyl (C=O) groups excluding carboxylic acids is 3. The third kappa shape index (κ3) is 2.86. The summed E-state index contributed by atoms with van der Waals surface area (Å²) in [6, 6.07) is 10.0. The summed E-state index contributed by atoms with van der Waals surface area (Å²) in [5.41, 5.74) is 10.4. The lowest BCUT2D eigenvalue weighted by atomic mass is 9.68. The van der Waals surface area contributed by atoms with Gasteiger partial charge in [0.15, 0.2) is 0 Å². The molecule has 32 heavy (non-hydrogen) atoms. The smallest absolute Gasteiger partial charge is 0.255 e. The van der Waals surface area contributed by atoms with Gasteiger partial charge in [-0.15, -0.1) is 0 Å². The van der Waals surface area contributed by atoms with E-state index in [4.69, 9.17) is 5.73 Å². The average Bonchev–Trinajstić information content (AvgIpc) is 3.34. The molecule has 1 aromatic carbocycles. The molecule has 6 rings (SSSR count). The SMILES string of the molecule is NC1CC2(C1)c1cccn1CCN2Cc1ccc2c(c1)CN(C1CCC(=O)NC1=O)C2=O. The number of hydrogen-bond acceptors (Lipinski definition) is 5. The van der Waals surface area contributed by atoms with Crippen LogP contribution in [-0.2, 0) is 34.8 Å². The Bertz CT molecular complexity index is 1130. The predicted octanol–water partition coefficient (Wildman–Crippen LogP) is 1.08. The summed E-state index contributed by atoms with van der Waals surface area (Å²) in [6.45, 7) is 3.14. The number of nitrogens with zero attached hydrogens (tertiary/aromatic N) is 3. The van der Waals surface area contributed by atoms with Crippen molar-refractivity contribution >= 4 is 17.7 Å². The van der Waals surface area contributed by atoms with Crippen LogP contribution in [0.4, 0.5) is 0 Å². The second kappa shape index (κ2) is 7.02. The average molecular weight is 434 g/mol. The van der Waals surface area contributed by atoms with E-state index in [9.17, 15) is 14.4 Å². The summed E-state index contributed by atoms with van der Waals surface area (Å²) in [5, 5.41) is 2.36. The van der Waals surface area contributed by atoms with Crippen LogP contribution in [0.3, 0.4) is 0 Å². The molecule has 0 radical (unpaired) electrons. The van der Waals surface area contributed by atoms with Crippen LogP contribution in [-0.4, -0.2) is 50.7 Å². The van der Waals surface area contributed by atoms with Gasteiger partial charge in [-0.1, -0.05) is 12.1 Å². The highest BCUT2D eigenvalue weighted by Gasteiger charge is 2.51. The molecule has 1 saturated heterocycles. The van der Waals surface area contributed by atoms with Crippen LogP contribution in [0.5, 0.6) is 0 Å². The molecule has 3 N–H and O–H groups in total. The first-order chi connectivity index (χ1) is 15.4. The number of benzene rings is 1. The lowest BCUT2D eigenvalue weighted by molar-refractivity contribution is -0.136. The van der Waals surface area contributed by atoms with E-state index in [1.165, 1.54) is 11.3 Å². The zero-order valence-electron chi connectivity index (χ0n) is 17.9. The summed E-state index contributed by atoms with van der Waals surface area (Å²) in [5.74, 6) is -0.768. The Morgan fingerprint density at radius 2 is 1.97 bits per heavy atom. The lowest BCUT2D eigenvalue weighted by Gasteiger charge is -2.56. The highest BCUT2D eigenvalue weighted by atomic mass is 16.2. The van der Waals surface area contributed by atoms with E-state index in [0.717, 1.165) is 38.0 Å². The predicted molar refractivity (Wildman–Crippen MR) is 116 cm³/mol. The molecule has 2 fully saturated rings. The van der Waals surface area contributed by atoms with Crippen molar-refractivity contribution in [2.45, 2.75) is 62.9 Å². The fourth-order valence-electron chi connectivity index (χ4n) is 6.09. The first-order valence-corrected chi connectivity index (χ1v) is 11.4. The van der Waals surface area contributed by atoms with Gasteiger partial charge in [-0.05, 0) is 48.6 Å². The van der Waals surface area contributed by atoms with E-state index in [1.54, 1.807) is 4.90 Å². The van der Waals surface area contributed by atoms with Gasteiger partial charge in [0.1, 0.15) is 6.04 Å². The molecule has 3 aliphatic heterocycles. The number of hydrogen-bond donors (Lipinski definition) is 2. The van der Waals surface area contributed by atoms with Gasteiger partial charge in [0.05, 0.1) is 5.54 Å². The van der Waals surface area contributed by atoms with Gasteiger partial charge < -0.3 is 15.2 Å². The Morgan fingerprint density at radius 3 is 2.75 bits per heavy atom. The molecule has 4 heterocycles. The molecule has 166 valence electrons. The number of amides is 3. The van der Waals surface area contributed by atoms with E-state index in [1.807, 2.05) is 12.1 Å². The molecule has 1 atom stereocenters. The number of nitrogens with one attached hydrogen (secondary N) is 1. The van der Waals surface area contributed by atoms with Crippen LogP contribution in [0.2, 0.25) is 0 Å². The summed E-state index contributed by atoms with van der Waals surface area (Å²) in [7, 11) is 0. The number of carbonyl (C=O) groups is 3. The summed E-state index contributed by atoms with van der Waals surface area (Å²) < 4.78 is 2.35. The third-order valence-electron chi connectivity index (χ3n) is 7.68. The highest BCUT2D eigenvalue weighted by Crippen LogP contribution is 2.48. The van der Waals surface area contributed by atoms with Gasteiger partial charge >= 0.3 is 0 Å². The zero-order valence-corrected chi connectivity index (χ0v) is 17.9. The Morgan fingerprint density at radius 1 is 1.12 bits per heavy atom. The maximum absolute atomic E-state index is 13.0. The molecule has 1 saturated carbocycles. The van der Waals surface area contributed by atoms with Crippen molar-refractivity contribution in [3.63, 3.8) is 0 Å². The number of rotatable bonds is 3. The molecule has 4 aliphatic rings. The first kappa shape index (κ1) is 19.7. The lowest BCUT2D eigenvalue weighted by Crippen LogP contribution is -2.62. The fraction of sp³-hybridized carbons (Fsp3) is 0.458. The van der Waals surface area contributed by atoms with Crippen LogP contribution in [0.15, 0.2) is 36.5 Å². The molecule has 1 unspecified atom stereocenters. The van der Waals surface area contributed by atoms with Crippen LogP contribution in [0.25, 0.3) is 0 Å². The molecule has 1 aromatic heterocycles. The van der Waals surface area contributed by atoms with Crippen molar-refractivity contribution in [1.29, 1.82) is 0 Å². The maximum Gasteiger partial charge on any atom is 0.255 e. The Kier molecular flexibility index (Phi) is 4.32. The normalized spacial score (nSPS) is 29.7. The van der Waals surface area contributed by atoms with Crippen LogP contribution in [0.1, 0.15) is 52.9 Å². The monoisotopic (exact) mass is 433 g/mol. The molecular weight excluding hydrogens is 406 g/mol. The minimum Gasteiger partial charge on any atom is -0.348 e. The van der Waals surface area contributed by atoms with E-state index >= 15 is 0 Å². The Labute approximate surface area is 186 Å². The van der Waals surface area contributed by atoms with Gasteiger partial charge in [0.25, 0.3) is 5.91 Å². The summed E-state index contributed by atoms with van der Waals surface area (Å²) in [4.78, 5) is 40.9. The van der Waals surface area contributed by atoms with E-state index in [0.29, 0.717) is 18.5 Å². The Balaban J connectivity index is 1.23. The van der Waals surface area contributed by atoms with E-state index in [-0.39, 0.29) is 35.7 Å². The molecule has 1 aliphatic carbocycles. The second-order valence-electron chi connectivity index (χ2n) is 9.60. The van der Waals surface area contributed by atoms with Gasteiger partial charge in [-0.25, -0.2) is 0 Å². The molecule has 1 spiro atoms. The standard InChI is InChI=1S/C24H27N5O3/c25-17-11-24(12-17)20-2-1-7-27(20)8-9-28(24)13-15-3-4-18-16(10-15)14-29(23(18)32)19-5-6-21(30)26-22(19)31/h1-4,7,10,17,19H,5-6,8-9,11-14,25H2,(H,26,30,31). The molecular formula is C24H27N5O3. The highest BCUT2D eigenvalue weighted by molar-refractivity contribution is 6.05. The van der Waals surface area contributed by atoms with Gasteiger partial charge in [0, 0.05) is 56.1 Å². The molecule has 8 nitrogen and oxygen atoms in total. The number of piperidine rings is 1. The van der Waals surface area contributed by atoms with Crippen molar-refractivity contribution < 1.29 is 14.4 Å². The van der Waals surface area contributed by atoms with Crippen LogP contribution < -0.4 is 11.1 Å². The zero-order chi connectivity index (χ0) is 22.0. The van der Waals surface area contributed by atoms with Crippen LogP contribution in [0, 0.1) is 0 Å². The largest absolute Gasteiger partial charge is 0.348 e. The molecule has 2 aromatic rings.